The Morgan fingerprint density at radius 3 is 2.33 bits per heavy atom. The fourth-order valence-electron chi connectivity index (χ4n) is 5.79. The van der Waals surface area contributed by atoms with Gasteiger partial charge in [0.1, 0.15) is 35.6 Å². The molecule has 9 unspecified atom stereocenters. The van der Waals surface area contributed by atoms with Gasteiger partial charge in [-0.1, -0.05) is 27.7 Å². The maximum absolute atomic E-state index is 6.27. The van der Waals surface area contributed by atoms with E-state index in [1.807, 2.05) is 0 Å². The lowest BCUT2D eigenvalue weighted by molar-refractivity contribution is -0.00445. The van der Waals surface area contributed by atoms with Crippen LogP contribution < -0.4 is 0 Å². The summed E-state index contributed by atoms with van der Waals surface area (Å²) in [5.74, 6) is 0.428. The van der Waals surface area contributed by atoms with Gasteiger partial charge in [0.15, 0.2) is 5.60 Å². The summed E-state index contributed by atoms with van der Waals surface area (Å²) in [5, 5.41) is 0. The van der Waals surface area contributed by atoms with Gasteiger partial charge in [-0.2, -0.15) is 0 Å². The maximum Gasteiger partial charge on any atom is 0.161 e. The van der Waals surface area contributed by atoms with Gasteiger partial charge in [0.25, 0.3) is 0 Å². The second-order valence-corrected chi connectivity index (χ2v) is 7.98. The van der Waals surface area contributed by atoms with Crippen LogP contribution in [0.1, 0.15) is 27.7 Å². The van der Waals surface area contributed by atoms with Crippen molar-refractivity contribution >= 4 is 0 Å². The first-order valence-electron chi connectivity index (χ1n) is 7.11. The van der Waals surface area contributed by atoms with E-state index >= 15 is 0 Å². The van der Waals surface area contributed by atoms with Crippen LogP contribution in [0.2, 0.25) is 0 Å². The van der Waals surface area contributed by atoms with E-state index < -0.39 is 0 Å². The molecule has 6 fully saturated rings. The molecule has 2 spiro atoms. The third-order valence-electron chi connectivity index (χ3n) is 6.54. The number of fused-ring (bicyclic) bond motifs is 4. The molecular weight excluding hydrogens is 232 g/mol. The Balaban J connectivity index is 1.61. The number of ether oxygens (including phenoxy) is 4. The summed E-state index contributed by atoms with van der Waals surface area (Å²) in [6.45, 7) is 9.07. The molecule has 0 aromatic rings. The Hall–Kier alpha value is -0.160. The number of rotatable bonds is 0. The zero-order chi connectivity index (χ0) is 12.3. The summed E-state index contributed by atoms with van der Waals surface area (Å²) < 4.78 is 24.5. The predicted octanol–water partition coefficient (Wildman–Crippen LogP) is 0.876. The Bertz CT molecular complexity index is 512. The standard InChI is InChI=1S/C14H18O4/c1-5-8-13(17-8,11(2,3)4)14-10(18-14)7-6(15-7)9-12(5,14)16-9/h5-10H,1-4H3. The molecule has 4 aliphatic heterocycles. The first kappa shape index (κ1) is 9.70. The molecule has 9 atom stereocenters. The van der Waals surface area contributed by atoms with Crippen molar-refractivity contribution in [2.75, 3.05) is 0 Å². The minimum Gasteiger partial charge on any atom is -0.364 e. The molecule has 18 heavy (non-hydrogen) atoms. The molecule has 6 rings (SSSR count). The van der Waals surface area contributed by atoms with E-state index in [1.54, 1.807) is 0 Å². The molecule has 0 aromatic heterocycles. The van der Waals surface area contributed by atoms with Crippen LogP contribution in [-0.2, 0) is 18.9 Å². The highest BCUT2D eigenvalue weighted by atomic mass is 16.8. The van der Waals surface area contributed by atoms with Crippen LogP contribution in [-0.4, -0.2) is 47.3 Å². The van der Waals surface area contributed by atoms with E-state index in [9.17, 15) is 0 Å². The predicted molar refractivity (Wildman–Crippen MR) is 60.1 cm³/mol. The molecule has 2 aliphatic carbocycles. The van der Waals surface area contributed by atoms with Crippen molar-refractivity contribution in [2.45, 2.75) is 75.0 Å². The summed E-state index contributed by atoms with van der Waals surface area (Å²) in [5.41, 5.74) is -0.353. The average molecular weight is 250 g/mol. The monoisotopic (exact) mass is 250 g/mol. The van der Waals surface area contributed by atoms with E-state index in [2.05, 4.69) is 27.7 Å². The highest BCUT2D eigenvalue weighted by Crippen LogP contribution is 2.86. The quantitative estimate of drug-likeness (QED) is 0.599. The van der Waals surface area contributed by atoms with E-state index in [-0.39, 0.29) is 40.5 Å². The lowest BCUT2D eigenvalue weighted by atomic mass is 9.66. The minimum absolute atomic E-state index is 0.0857. The molecular formula is C14H18O4. The molecule has 4 heterocycles. The fourth-order valence-corrected chi connectivity index (χ4v) is 5.79. The summed E-state index contributed by atoms with van der Waals surface area (Å²) >= 11 is 0. The van der Waals surface area contributed by atoms with E-state index in [0.717, 1.165) is 0 Å². The van der Waals surface area contributed by atoms with Crippen LogP contribution >= 0.6 is 0 Å². The van der Waals surface area contributed by atoms with Gasteiger partial charge in [0.2, 0.25) is 0 Å². The van der Waals surface area contributed by atoms with E-state index in [0.29, 0.717) is 18.1 Å². The maximum atomic E-state index is 6.27. The highest BCUT2D eigenvalue weighted by molar-refractivity contribution is 5.53. The Labute approximate surface area is 106 Å². The van der Waals surface area contributed by atoms with Crippen LogP contribution in [0.15, 0.2) is 0 Å². The van der Waals surface area contributed by atoms with E-state index in [4.69, 9.17) is 18.9 Å². The molecule has 4 nitrogen and oxygen atoms in total. The lowest BCUT2D eigenvalue weighted by Gasteiger charge is -2.34. The van der Waals surface area contributed by atoms with Crippen molar-refractivity contribution in [3.63, 3.8) is 0 Å². The number of epoxide rings is 4. The molecule has 0 aromatic carbocycles. The topological polar surface area (TPSA) is 50.1 Å². The van der Waals surface area contributed by atoms with Crippen molar-refractivity contribution in [2.24, 2.45) is 11.3 Å². The summed E-state index contributed by atoms with van der Waals surface area (Å²) in [7, 11) is 0. The highest BCUT2D eigenvalue weighted by Gasteiger charge is 3.06. The third-order valence-corrected chi connectivity index (χ3v) is 6.54. The van der Waals surface area contributed by atoms with Gasteiger partial charge in [-0.25, -0.2) is 0 Å². The first-order valence-corrected chi connectivity index (χ1v) is 7.11. The summed E-state index contributed by atoms with van der Waals surface area (Å²) in [4.78, 5) is 0. The fraction of sp³-hybridized carbons (Fsp3) is 1.00. The molecule has 2 saturated carbocycles. The van der Waals surface area contributed by atoms with Gasteiger partial charge in [-0.15, -0.1) is 0 Å². The number of hydrogen-bond donors (Lipinski definition) is 0. The third kappa shape index (κ3) is 0.576. The van der Waals surface area contributed by atoms with Crippen molar-refractivity contribution in [3.05, 3.63) is 0 Å². The van der Waals surface area contributed by atoms with E-state index in [1.165, 1.54) is 0 Å². The molecule has 0 N–H and O–H groups in total. The number of hydrogen-bond acceptors (Lipinski definition) is 4. The van der Waals surface area contributed by atoms with Crippen LogP contribution in [0.3, 0.4) is 0 Å². The van der Waals surface area contributed by atoms with Crippen LogP contribution in [0, 0.1) is 11.3 Å². The van der Waals surface area contributed by atoms with Crippen LogP contribution in [0.5, 0.6) is 0 Å². The van der Waals surface area contributed by atoms with Gasteiger partial charge in [0.05, 0.1) is 6.10 Å². The molecule has 0 amide bonds. The summed E-state index contributed by atoms with van der Waals surface area (Å²) in [6, 6.07) is 0. The Kier molecular flexibility index (Phi) is 1.08. The zero-order valence-electron chi connectivity index (χ0n) is 11.1. The molecule has 4 heteroatoms. The van der Waals surface area contributed by atoms with Gasteiger partial charge < -0.3 is 18.9 Å². The second kappa shape index (κ2) is 2.01. The molecule has 6 aliphatic rings. The smallest absolute Gasteiger partial charge is 0.161 e. The normalized spacial score (nSPS) is 76.7. The zero-order valence-corrected chi connectivity index (χ0v) is 11.1. The van der Waals surface area contributed by atoms with Gasteiger partial charge >= 0.3 is 0 Å². The Morgan fingerprint density at radius 1 is 0.889 bits per heavy atom. The van der Waals surface area contributed by atoms with Gasteiger partial charge in [0, 0.05) is 5.92 Å². The Morgan fingerprint density at radius 2 is 1.61 bits per heavy atom. The van der Waals surface area contributed by atoms with Crippen molar-refractivity contribution in [3.8, 4) is 0 Å². The van der Waals surface area contributed by atoms with Crippen molar-refractivity contribution in [1.82, 2.24) is 0 Å². The van der Waals surface area contributed by atoms with Gasteiger partial charge in [-0.3, -0.25) is 0 Å². The average Bonchev–Trinajstić information content (AvgIpc) is 3.16. The van der Waals surface area contributed by atoms with Gasteiger partial charge in [-0.05, 0) is 5.41 Å². The van der Waals surface area contributed by atoms with Crippen molar-refractivity contribution in [1.29, 1.82) is 0 Å². The lowest BCUT2D eigenvalue weighted by Crippen LogP contribution is -2.55. The first-order chi connectivity index (χ1) is 8.42. The van der Waals surface area contributed by atoms with Crippen LogP contribution in [0.25, 0.3) is 0 Å². The minimum atomic E-state index is -0.204. The summed E-state index contributed by atoms with van der Waals surface area (Å²) in [6.07, 6.45) is 1.38. The second-order valence-electron chi connectivity index (χ2n) is 7.98. The van der Waals surface area contributed by atoms with Crippen LogP contribution in [0.4, 0.5) is 0 Å². The largest absolute Gasteiger partial charge is 0.364 e. The molecule has 0 radical (unpaired) electrons. The van der Waals surface area contributed by atoms with Crippen molar-refractivity contribution < 1.29 is 18.9 Å². The molecule has 4 saturated heterocycles. The SMILES string of the molecule is CC1C2OC2(C(C)(C)C)C23OC2C2OC2C2OC123. The molecule has 98 valence electrons. The molecule has 0 bridgehead atoms.